The fourth-order valence-electron chi connectivity index (χ4n) is 1.43. The molecule has 0 saturated heterocycles. The molecule has 0 aromatic carbocycles. The maximum Gasteiger partial charge on any atom is 0.311 e. The van der Waals surface area contributed by atoms with E-state index >= 15 is 0 Å². The summed E-state index contributed by atoms with van der Waals surface area (Å²) in [4.78, 5) is 18.9. The van der Waals surface area contributed by atoms with Gasteiger partial charge in [0.05, 0.1) is 5.41 Å². The lowest BCUT2D eigenvalue weighted by Crippen LogP contribution is -2.24. The molecule has 0 radical (unpaired) electrons. The van der Waals surface area contributed by atoms with Crippen LogP contribution < -0.4 is 5.32 Å². The molecule has 5 nitrogen and oxygen atoms in total. The van der Waals surface area contributed by atoms with E-state index in [9.17, 15) is 4.79 Å². The summed E-state index contributed by atoms with van der Waals surface area (Å²) in [6.07, 6.45) is 2.97. The van der Waals surface area contributed by atoms with Gasteiger partial charge in [-0.25, -0.2) is 9.97 Å². The third-order valence-corrected chi connectivity index (χ3v) is 2.72. The molecule has 1 aliphatic carbocycles. The number of hydrogen-bond donors (Lipinski definition) is 2. The quantitative estimate of drug-likeness (QED) is 0.772. The Bertz CT molecular complexity index is 388. The summed E-state index contributed by atoms with van der Waals surface area (Å²) in [5, 5.41) is 12.0. The molecule has 1 saturated carbocycles. The minimum atomic E-state index is -0.722. The second kappa shape index (κ2) is 3.49. The number of carbonyl (C=O) groups is 1. The molecule has 1 aromatic heterocycles. The zero-order valence-electron chi connectivity index (χ0n) is 8.53. The average Bonchev–Trinajstić information content (AvgIpc) is 2.96. The van der Waals surface area contributed by atoms with E-state index in [4.69, 9.17) is 5.11 Å². The lowest BCUT2D eigenvalue weighted by molar-refractivity contribution is -0.142. The van der Waals surface area contributed by atoms with Gasteiger partial charge < -0.3 is 10.4 Å². The predicted molar refractivity (Wildman–Crippen MR) is 54.6 cm³/mol. The molecule has 1 fully saturated rings. The van der Waals surface area contributed by atoms with Gasteiger partial charge in [-0.2, -0.15) is 0 Å². The molecule has 0 atom stereocenters. The van der Waals surface area contributed by atoms with E-state index in [2.05, 4.69) is 15.3 Å². The summed E-state index contributed by atoms with van der Waals surface area (Å²) < 4.78 is 0. The van der Waals surface area contributed by atoms with Gasteiger partial charge in [-0.15, -0.1) is 0 Å². The Labute approximate surface area is 87.6 Å². The van der Waals surface area contributed by atoms with Crippen molar-refractivity contribution < 1.29 is 9.90 Å². The van der Waals surface area contributed by atoms with Crippen molar-refractivity contribution in [2.45, 2.75) is 19.8 Å². The highest BCUT2D eigenvalue weighted by Crippen LogP contribution is 2.45. The highest BCUT2D eigenvalue weighted by Gasteiger charge is 2.50. The number of nitrogens with one attached hydrogen (secondary N) is 1. The SMILES string of the molecule is Cc1cc(NCC2(C(=O)O)CC2)ncn1. The minimum absolute atomic E-state index is 0.443. The molecule has 0 unspecified atom stereocenters. The number of hydrogen-bond acceptors (Lipinski definition) is 4. The van der Waals surface area contributed by atoms with E-state index < -0.39 is 11.4 Å². The van der Waals surface area contributed by atoms with Gasteiger partial charge in [0.1, 0.15) is 12.1 Å². The Morgan fingerprint density at radius 2 is 2.33 bits per heavy atom. The maximum absolute atomic E-state index is 10.9. The number of nitrogens with zero attached hydrogens (tertiary/aromatic N) is 2. The summed E-state index contributed by atoms with van der Waals surface area (Å²) >= 11 is 0. The van der Waals surface area contributed by atoms with Crippen LogP contribution in [0.4, 0.5) is 5.82 Å². The Balaban J connectivity index is 1.96. The Morgan fingerprint density at radius 1 is 1.60 bits per heavy atom. The summed E-state index contributed by atoms with van der Waals surface area (Å²) in [6, 6.07) is 1.80. The number of aliphatic carboxylic acids is 1. The van der Waals surface area contributed by atoms with Gasteiger partial charge in [0, 0.05) is 18.3 Å². The van der Waals surface area contributed by atoms with Gasteiger partial charge in [-0.1, -0.05) is 0 Å². The van der Waals surface area contributed by atoms with Crippen LogP contribution in [0.25, 0.3) is 0 Å². The van der Waals surface area contributed by atoms with Gasteiger partial charge in [0.15, 0.2) is 0 Å². The van der Waals surface area contributed by atoms with Crippen LogP contribution in [0.5, 0.6) is 0 Å². The Kier molecular flexibility index (Phi) is 2.30. The van der Waals surface area contributed by atoms with E-state index in [1.165, 1.54) is 6.33 Å². The molecule has 80 valence electrons. The van der Waals surface area contributed by atoms with Crippen molar-refractivity contribution in [3.05, 3.63) is 18.1 Å². The van der Waals surface area contributed by atoms with E-state index in [1.807, 2.05) is 6.92 Å². The number of anilines is 1. The van der Waals surface area contributed by atoms with E-state index in [-0.39, 0.29) is 0 Å². The number of carboxylic acid groups (broad SMARTS) is 1. The molecule has 1 aliphatic rings. The molecule has 2 N–H and O–H groups in total. The second-order valence-electron chi connectivity index (χ2n) is 3.98. The van der Waals surface area contributed by atoms with E-state index in [0.717, 1.165) is 18.5 Å². The standard InChI is InChI=1S/C10H13N3O2/c1-7-4-8(13-6-12-7)11-5-10(2-3-10)9(14)15/h4,6H,2-3,5H2,1H3,(H,14,15)(H,11,12,13). The van der Waals surface area contributed by atoms with Crippen LogP contribution in [-0.4, -0.2) is 27.6 Å². The molecular formula is C10H13N3O2. The largest absolute Gasteiger partial charge is 0.481 e. The van der Waals surface area contributed by atoms with E-state index in [1.54, 1.807) is 6.07 Å². The van der Waals surface area contributed by atoms with Crippen molar-refractivity contribution in [2.24, 2.45) is 5.41 Å². The summed E-state index contributed by atoms with van der Waals surface area (Å²) in [5.74, 6) is -0.0317. The topological polar surface area (TPSA) is 75.1 Å². The summed E-state index contributed by atoms with van der Waals surface area (Å²) in [6.45, 7) is 2.32. The fraction of sp³-hybridized carbons (Fsp3) is 0.500. The minimum Gasteiger partial charge on any atom is -0.481 e. The Morgan fingerprint density at radius 3 is 2.87 bits per heavy atom. The molecule has 0 amide bonds. The first kappa shape index (κ1) is 9.89. The molecule has 0 aliphatic heterocycles. The van der Waals surface area contributed by atoms with Gasteiger partial charge in [-0.3, -0.25) is 4.79 Å². The van der Waals surface area contributed by atoms with Crippen LogP contribution in [-0.2, 0) is 4.79 Å². The van der Waals surface area contributed by atoms with Crippen molar-refractivity contribution in [3.8, 4) is 0 Å². The van der Waals surface area contributed by atoms with Crippen molar-refractivity contribution in [1.29, 1.82) is 0 Å². The van der Waals surface area contributed by atoms with E-state index in [0.29, 0.717) is 12.4 Å². The number of aryl methyl sites for hydroxylation is 1. The maximum atomic E-state index is 10.9. The predicted octanol–water partition coefficient (Wildman–Crippen LogP) is 1.06. The number of carboxylic acids is 1. The number of aromatic nitrogens is 2. The average molecular weight is 207 g/mol. The van der Waals surface area contributed by atoms with Gasteiger partial charge in [-0.05, 0) is 19.8 Å². The van der Waals surface area contributed by atoms with Crippen molar-refractivity contribution >= 4 is 11.8 Å². The molecule has 0 spiro atoms. The summed E-state index contributed by atoms with van der Waals surface area (Å²) in [5.41, 5.74) is 0.312. The monoisotopic (exact) mass is 207 g/mol. The third kappa shape index (κ3) is 2.06. The Hall–Kier alpha value is -1.65. The zero-order chi connectivity index (χ0) is 10.9. The third-order valence-electron chi connectivity index (χ3n) is 2.72. The first-order valence-electron chi connectivity index (χ1n) is 4.88. The molecular weight excluding hydrogens is 194 g/mol. The normalized spacial score (nSPS) is 17.1. The smallest absolute Gasteiger partial charge is 0.311 e. The van der Waals surface area contributed by atoms with Crippen LogP contribution in [0.1, 0.15) is 18.5 Å². The van der Waals surface area contributed by atoms with Gasteiger partial charge in [0.2, 0.25) is 0 Å². The second-order valence-corrected chi connectivity index (χ2v) is 3.98. The lowest BCUT2D eigenvalue weighted by atomic mass is 10.1. The number of rotatable bonds is 4. The van der Waals surface area contributed by atoms with Crippen molar-refractivity contribution in [3.63, 3.8) is 0 Å². The first-order chi connectivity index (χ1) is 7.12. The molecule has 15 heavy (non-hydrogen) atoms. The highest BCUT2D eigenvalue weighted by molar-refractivity contribution is 5.78. The lowest BCUT2D eigenvalue weighted by Gasteiger charge is -2.11. The van der Waals surface area contributed by atoms with Crippen LogP contribution >= 0.6 is 0 Å². The molecule has 5 heteroatoms. The van der Waals surface area contributed by atoms with Crippen molar-refractivity contribution in [2.75, 3.05) is 11.9 Å². The van der Waals surface area contributed by atoms with Gasteiger partial charge >= 0.3 is 5.97 Å². The molecule has 2 rings (SSSR count). The highest BCUT2D eigenvalue weighted by atomic mass is 16.4. The van der Waals surface area contributed by atoms with Crippen LogP contribution in [0.2, 0.25) is 0 Å². The van der Waals surface area contributed by atoms with Crippen LogP contribution in [0, 0.1) is 12.3 Å². The molecule has 1 heterocycles. The molecule has 0 bridgehead atoms. The summed E-state index contributed by atoms with van der Waals surface area (Å²) in [7, 11) is 0. The van der Waals surface area contributed by atoms with Crippen molar-refractivity contribution in [1.82, 2.24) is 9.97 Å². The van der Waals surface area contributed by atoms with Crippen LogP contribution in [0.15, 0.2) is 12.4 Å². The molecule has 1 aromatic rings. The zero-order valence-corrected chi connectivity index (χ0v) is 8.53. The van der Waals surface area contributed by atoms with Crippen LogP contribution in [0.3, 0.4) is 0 Å². The fourth-order valence-corrected chi connectivity index (χ4v) is 1.43. The van der Waals surface area contributed by atoms with Gasteiger partial charge in [0.25, 0.3) is 0 Å². The first-order valence-corrected chi connectivity index (χ1v) is 4.88.